The largest absolute Gasteiger partial charge is 0.390 e. The van der Waals surface area contributed by atoms with Crippen molar-refractivity contribution in [1.29, 1.82) is 0 Å². The van der Waals surface area contributed by atoms with Crippen LogP contribution in [0.3, 0.4) is 0 Å². The van der Waals surface area contributed by atoms with Crippen molar-refractivity contribution >= 4 is 11.6 Å². The summed E-state index contributed by atoms with van der Waals surface area (Å²) in [4.78, 5) is 25.5. The Hall–Kier alpha value is -1.41. The zero-order valence-electron chi connectivity index (χ0n) is 19.4. The fourth-order valence-corrected chi connectivity index (χ4v) is 8.05. The van der Waals surface area contributed by atoms with Gasteiger partial charge >= 0.3 is 0 Å². The van der Waals surface area contributed by atoms with Crippen LogP contribution in [-0.2, 0) is 23.8 Å². The Morgan fingerprint density at radius 1 is 1.28 bits per heavy atom. The first-order chi connectivity index (χ1) is 14.9. The molecule has 32 heavy (non-hydrogen) atoms. The van der Waals surface area contributed by atoms with Crippen molar-refractivity contribution < 1.29 is 33.3 Å². The van der Waals surface area contributed by atoms with Gasteiger partial charge in [-0.25, -0.2) is 4.39 Å². The van der Waals surface area contributed by atoms with E-state index in [2.05, 4.69) is 0 Å². The number of rotatable bonds is 3. The van der Waals surface area contributed by atoms with Crippen molar-refractivity contribution in [3.63, 3.8) is 0 Å². The molecule has 0 radical (unpaired) electrons. The standard InChI is InChI=1S/C25H33FO6/c1-21(2)31-20-11-17-16-7-6-14-10-15(27)8-9-22(14,3)24(16,26)18(28)12-23(17,4)25(20,32-21)19(29)13-30-5/h8-10,16-18,20,28H,6-7,11-13H2,1-5H3. The van der Waals surface area contributed by atoms with Gasteiger partial charge in [0.25, 0.3) is 0 Å². The number of hydrogen-bond donors (Lipinski definition) is 1. The molecule has 0 aromatic carbocycles. The normalized spacial score (nSPS) is 50.8. The zero-order chi connectivity index (χ0) is 23.3. The molecular weight excluding hydrogens is 415 g/mol. The van der Waals surface area contributed by atoms with Crippen LogP contribution < -0.4 is 0 Å². The summed E-state index contributed by atoms with van der Waals surface area (Å²) in [6.45, 7) is 7.18. The van der Waals surface area contributed by atoms with Crippen LogP contribution in [0.2, 0.25) is 0 Å². The van der Waals surface area contributed by atoms with Gasteiger partial charge in [-0.2, -0.15) is 0 Å². The number of carbonyl (C=O) groups excluding carboxylic acids is 2. The molecule has 1 aliphatic heterocycles. The third-order valence-electron chi connectivity index (χ3n) is 9.32. The number of methoxy groups -OCH3 is 1. The van der Waals surface area contributed by atoms with Crippen LogP contribution in [0.15, 0.2) is 23.8 Å². The number of allylic oxidation sites excluding steroid dienone is 4. The first-order valence-electron chi connectivity index (χ1n) is 11.6. The number of Topliss-reactive ketones (excluding diaryl/α,β-unsaturated/α-hetero) is 1. The summed E-state index contributed by atoms with van der Waals surface area (Å²) >= 11 is 0. The molecule has 3 saturated carbocycles. The quantitative estimate of drug-likeness (QED) is 0.715. The summed E-state index contributed by atoms with van der Waals surface area (Å²) in [6, 6.07) is 0. The van der Waals surface area contributed by atoms with E-state index < -0.39 is 46.0 Å². The molecule has 4 fully saturated rings. The molecule has 7 heteroatoms. The number of fused-ring (bicyclic) bond motifs is 7. The van der Waals surface area contributed by atoms with Gasteiger partial charge in [0, 0.05) is 23.9 Å². The Balaban J connectivity index is 1.63. The number of ether oxygens (including phenoxy) is 3. The van der Waals surface area contributed by atoms with E-state index in [0.717, 1.165) is 5.57 Å². The van der Waals surface area contributed by atoms with Gasteiger partial charge in [-0.3, -0.25) is 9.59 Å². The van der Waals surface area contributed by atoms with E-state index in [1.807, 2.05) is 6.92 Å². The third kappa shape index (κ3) is 2.43. The Bertz CT molecular complexity index is 941. The van der Waals surface area contributed by atoms with Crippen molar-refractivity contribution in [3.8, 4) is 0 Å². The maximum atomic E-state index is 17.2. The van der Waals surface area contributed by atoms with Crippen LogP contribution in [0.1, 0.15) is 53.4 Å². The minimum atomic E-state index is -1.95. The Kier molecular flexibility index (Phi) is 4.61. The van der Waals surface area contributed by atoms with Crippen molar-refractivity contribution in [2.75, 3.05) is 13.7 Å². The van der Waals surface area contributed by atoms with Crippen molar-refractivity contribution in [3.05, 3.63) is 23.8 Å². The average molecular weight is 449 g/mol. The number of halogens is 1. The highest BCUT2D eigenvalue weighted by atomic mass is 19.1. The molecule has 0 aromatic heterocycles. The number of alkyl halides is 1. The predicted molar refractivity (Wildman–Crippen MR) is 113 cm³/mol. The minimum absolute atomic E-state index is 0.0702. The van der Waals surface area contributed by atoms with E-state index in [9.17, 15) is 14.7 Å². The average Bonchev–Trinajstić information content (AvgIpc) is 3.10. The number of aliphatic hydroxyl groups excluding tert-OH is 1. The van der Waals surface area contributed by atoms with E-state index in [0.29, 0.717) is 19.3 Å². The predicted octanol–water partition coefficient (Wildman–Crippen LogP) is 3.07. The fourth-order valence-electron chi connectivity index (χ4n) is 8.05. The molecule has 5 aliphatic rings. The Morgan fingerprint density at radius 2 is 2.00 bits per heavy atom. The van der Waals surface area contributed by atoms with E-state index in [-0.39, 0.29) is 30.5 Å². The Morgan fingerprint density at radius 3 is 2.69 bits per heavy atom. The smallest absolute Gasteiger partial charge is 0.193 e. The summed E-state index contributed by atoms with van der Waals surface area (Å²) < 4.78 is 35.0. The molecule has 5 rings (SSSR count). The van der Waals surface area contributed by atoms with Gasteiger partial charge in [0.2, 0.25) is 0 Å². The van der Waals surface area contributed by atoms with Gasteiger partial charge in [-0.1, -0.05) is 18.6 Å². The Labute approximate surface area is 188 Å². The first kappa shape index (κ1) is 22.4. The zero-order valence-corrected chi connectivity index (χ0v) is 19.4. The molecule has 0 aromatic rings. The molecular formula is C25H33FO6. The molecule has 6 nitrogen and oxygen atoms in total. The summed E-state index contributed by atoms with van der Waals surface area (Å²) in [5.41, 5.74) is -4.38. The lowest BCUT2D eigenvalue weighted by molar-refractivity contribution is -0.246. The topological polar surface area (TPSA) is 82.1 Å². The molecule has 0 bridgehead atoms. The van der Waals surface area contributed by atoms with Crippen LogP contribution >= 0.6 is 0 Å². The van der Waals surface area contributed by atoms with E-state index >= 15 is 4.39 Å². The van der Waals surface area contributed by atoms with Crippen molar-refractivity contribution in [2.45, 2.75) is 82.6 Å². The molecule has 1 heterocycles. The number of ketones is 2. The summed E-state index contributed by atoms with van der Waals surface area (Å²) in [7, 11) is 1.47. The van der Waals surface area contributed by atoms with Gasteiger partial charge in [-0.15, -0.1) is 0 Å². The molecule has 0 spiro atoms. The molecule has 1 N–H and O–H groups in total. The highest BCUT2D eigenvalue weighted by Crippen LogP contribution is 2.72. The van der Waals surface area contributed by atoms with Crippen molar-refractivity contribution in [1.82, 2.24) is 0 Å². The maximum absolute atomic E-state index is 17.2. The molecule has 0 amide bonds. The maximum Gasteiger partial charge on any atom is 0.193 e. The molecule has 176 valence electrons. The number of carbonyl (C=O) groups is 2. The lowest BCUT2D eigenvalue weighted by atomic mass is 9.44. The summed E-state index contributed by atoms with van der Waals surface area (Å²) in [5, 5.41) is 11.5. The van der Waals surface area contributed by atoms with Gasteiger partial charge < -0.3 is 19.3 Å². The third-order valence-corrected chi connectivity index (χ3v) is 9.32. The van der Waals surface area contributed by atoms with Gasteiger partial charge in [0.15, 0.2) is 28.6 Å². The SMILES string of the molecule is COCC(=O)C12OC(C)(C)OC1CC1C3CCC4=CC(=O)C=CC4(C)C3(F)C(O)CC12C. The van der Waals surface area contributed by atoms with Crippen LogP contribution in [0.5, 0.6) is 0 Å². The second kappa shape index (κ2) is 6.59. The van der Waals surface area contributed by atoms with E-state index in [1.165, 1.54) is 19.3 Å². The monoisotopic (exact) mass is 448 g/mol. The molecule has 4 aliphatic carbocycles. The lowest BCUT2D eigenvalue weighted by Gasteiger charge is -2.62. The van der Waals surface area contributed by atoms with E-state index in [4.69, 9.17) is 14.2 Å². The van der Waals surface area contributed by atoms with Gasteiger partial charge in [0.05, 0.1) is 12.2 Å². The van der Waals surface area contributed by atoms with Crippen LogP contribution in [0, 0.1) is 22.7 Å². The number of aliphatic hydroxyl groups is 1. The van der Waals surface area contributed by atoms with Crippen LogP contribution in [0.25, 0.3) is 0 Å². The number of hydrogen-bond acceptors (Lipinski definition) is 6. The van der Waals surface area contributed by atoms with Crippen molar-refractivity contribution in [2.24, 2.45) is 22.7 Å². The van der Waals surface area contributed by atoms with Crippen LogP contribution in [-0.4, -0.2) is 59.7 Å². The highest BCUT2D eigenvalue weighted by molar-refractivity contribution is 6.01. The van der Waals surface area contributed by atoms with E-state index in [1.54, 1.807) is 26.8 Å². The molecule has 8 unspecified atom stereocenters. The second-order valence-corrected chi connectivity index (χ2v) is 11.2. The summed E-state index contributed by atoms with van der Waals surface area (Å²) in [5.74, 6) is -2.03. The fraction of sp³-hybridized carbons (Fsp3) is 0.760. The van der Waals surface area contributed by atoms with Gasteiger partial charge in [-0.05, 0) is 64.5 Å². The van der Waals surface area contributed by atoms with Gasteiger partial charge in [0.1, 0.15) is 6.61 Å². The minimum Gasteiger partial charge on any atom is -0.390 e. The van der Waals surface area contributed by atoms with Crippen LogP contribution in [0.4, 0.5) is 4.39 Å². The lowest BCUT2D eigenvalue weighted by Crippen LogP contribution is -2.70. The molecule has 1 saturated heterocycles. The highest BCUT2D eigenvalue weighted by Gasteiger charge is 2.80. The summed E-state index contributed by atoms with van der Waals surface area (Å²) in [6.07, 6.45) is 4.36. The molecule has 8 atom stereocenters. The first-order valence-corrected chi connectivity index (χ1v) is 11.6. The second-order valence-electron chi connectivity index (χ2n) is 11.2.